The minimum Gasteiger partial charge on any atom is -0.496 e. The summed E-state index contributed by atoms with van der Waals surface area (Å²) < 4.78 is 11.6. The zero-order valence-corrected chi connectivity index (χ0v) is 9.95. The van der Waals surface area contributed by atoms with E-state index in [2.05, 4.69) is 27.6 Å². The maximum absolute atomic E-state index is 5.37. The molecule has 3 nitrogen and oxygen atoms in total. The Hall–Kier alpha value is -0.780. The summed E-state index contributed by atoms with van der Waals surface area (Å²) >= 11 is 2.24. The Kier molecular flexibility index (Phi) is 2.90. The maximum atomic E-state index is 5.37. The van der Waals surface area contributed by atoms with Gasteiger partial charge in [0.05, 0.1) is 17.2 Å². The molecule has 0 bridgehead atoms. The molecular formula is C10H10INO2. The van der Waals surface area contributed by atoms with Crippen molar-refractivity contribution in [3.63, 3.8) is 0 Å². The fraction of sp³-hybridized carbons (Fsp3) is 0.300. The second-order valence-electron chi connectivity index (χ2n) is 2.88. The molecule has 0 fully saturated rings. The van der Waals surface area contributed by atoms with Gasteiger partial charge in [-0.15, -0.1) is 0 Å². The third-order valence-corrected chi connectivity index (χ3v) is 2.83. The average Bonchev–Trinajstić information content (AvgIpc) is 2.70. The summed E-state index contributed by atoms with van der Waals surface area (Å²) in [5.41, 5.74) is 1.02. The first kappa shape index (κ1) is 9.76. The predicted molar refractivity (Wildman–Crippen MR) is 63.1 cm³/mol. The number of hydrogen-bond acceptors (Lipinski definition) is 3. The van der Waals surface area contributed by atoms with E-state index in [-0.39, 0.29) is 0 Å². The number of rotatable bonds is 2. The Morgan fingerprint density at radius 1 is 1.50 bits per heavy atom. The summed E-state index contributed by atoms with van der Waals surface area (Å²) in [4.78, 5) is 4.25. The van der Waals surface area contributed by atoms with E-state index in [9.17, 15) is 0 Å². The van der Waals surface area contributed by atoms with Crippen molar-refractivity contribution in [3.05, 3.63) is 27.3 Å². The number of aliphatic imine (C=N–C) groups is 1. The van der Waals surface area contributed by atoms with Gasteiger partial charge >= 0.3 is 0 Å². The smallest absolute Gasteiger partial charge is 0.216 e. The van der Waals surface area contributed by atoms with Crippen LogP contribution in [0.2, 0.25) is 0 Å². The molecule has 14 heavy (non-hydrogen) atoms. The molecule has 0 aliphatic carbocycles. The molecule has 1 aromatic carbocycles. The van der Waals surface area contributed by atoms with Crippen LogP contribution in [0.4, 0.5) is 0 Å². The van der Waals surface area contributed by atoms with Crippen LogP contribution in [0, 0.1) is 3.57 Å². The van der Waals surface area contributed by atoms with Crippen molar-refractivity contribution >= 4 is 28.5 Å². The van der Waals surface area contributed by atoms with Crippen LogP contribution >= 0.6 is 22.6 Å². The molecule has 0 atom stereocenters. The zero-order chi connectivity index (χ0) is 9.97. The molecule has 1 aliphatic heterocycles. The van der Waals surface area contributed by atoms with Crippen LogP contribution in [0.3, 0.4) is 0 Å². The van der Waals surface area contributed by atoms with Crippen LogP contribution < -0.4 is 4.74 Å². The maximum Gasteiger partial charge on any atom is 0.216 e. The number of nitrogens with zero attached hydrogens (tertiary/aromatic N) is 1. The van der Waals surface area contributed by atoms with Crippen LogP contribution in [0.15, 0.2) is 23.2 Å². The molecule has 0 spiro atoms. The van der Waals surface area contributed by atoms with E-state index in [1.165, 1.54) is 0 Å². The fourth-order valence-corrected chi connectivity index (χ4v) is 2.04. The van der Waals surface area contributed by atoms with Gasteiger partial charge in [-0.05, 0) is 40.8 Å². The number of ether oxygens (including phenoxy) is 2. The van der Waals surface area contributed by atoms with Crippen LogP contribution in [-0.4, -0.2) is 26.2 Å². The van der Waals surface area contributed by atoms with Gasteiger partial charge in [0, 0.05) is 5.56 Å². The lowest BCUT2D eigenvalue weighted by molar-refractivity contribution is 0.348. The highest BCUT2D eigenvalue weighted by atomic mass is 127. The molecule has 4 heteroatoms. The number of hydrogen-bond donors (Lipinski definition) is 0. The minimum atomic E-state index is 0.692. The molecule has 1 heterocycles. The Morgan fingerprint density at radius 2 is 2.36 bits per heavy atom. The Bertz CT molecular complexity index is 376. The highest BCUT2D eigenvalue weighted by Gasteiger charge is 2.11. The molecule has 2 rings (SSSR count). The number of benzene rings is 1. The van der Waals surface area contributed by atoms with Crippen molar-refractivity contribution in [1.29, 1.82) is 0 Å². The lowest BCUT2D eigenvalue weighted by atomic mass is 10.2. The highest BCUT2D eigenvalue weighted by Crippen LogP contribution is 2.22. The lowest BCUT2D eigenvalue weighted by Gasteiger charge is -2.05. The van der Waals surface area contributed by atoms with Crippen molar-refractivity contribution < 1.29 is 9.47 Å². The monoisotopic (exact) mass is 303 g/mol. The van der Waals surface area contributed by atoms with Crippen molar-refractivity contribution in [3.8, 4) is 5.75 Å². The molecular weight excluding hydrogens is 293 g/mol. The van der Waals surface area contributed by atoms with E-state index in [1.807, 2.05) is 18.2 Å². The van der Waals surface area contributed by atoms with Gasteiger partial charge in [-0.1, -0.05) is 0 Å². The van der Waals surface area contributed by atoms with Crippen molar-refractivity contribution in [2.75, 3.05) is 20.3 Å². The van der Waals surface area contributed by atoms with E-state index in [1.54, 1.807) is 7.11 Å². The molecule has 1 aromatic rings. The van der Waals surface area contributed by atoms with Crippen LogP contribution in [0.5, 0.6) is 5.75 Å². The van der Waals surface area contributed by atoms with E-state index < -0.39 is 0 Å². The van der Waals surface area contributed by atoms with Gasteiger partial charge in [0.25, 0.3) is 0 Å². The van der Waals surface area contributed by atoms with Gasteiger partial charge in [-0.25, -0.2) is 4.99 Å². The second-order valence-corrected chi connectivity index (χ2v) is 4.05. The second kappa shape index (κ2) is 4.16. The minimum absolute atomic E-state index is 0.692. The topological polar surface area (TPSA) is 30.8 Å². The van der Waals surface area contributed by atoms with Crippen molar-refractivity contribution in [2.24, 2.45) is 4.99 Å². The molecule has 0 unspecified atom stereocenters. The van der Waals surface area contributed by atoms with Crippen LogP contribution in [0.25, 0.3) is 0 Å². The number of halogens is 1. The first-order valence-electron chi connectivity index (χ1n) is 4.32. The summed E-state index contributed by atoms with van der Waals surface area (Å²) in [5.74, 6) is 1.62. The average molecular weight is 303 g/mol. The molecule has 0 radical (unpaired) electrons. The predicted octanol–water partition coefficient (Wildman–Crippen LogP) is 2.08. The molecule has 0 saturated heterocycles. The summed E-state index contributed by atoms with van der Waals surface area (Å²) in [7, 11) is 1.67. The largest absolute Gasteiger partial charge is 0.496 e. The third kappa shape index (κ3) is 1.84. The molecule has 1 aliphatic rings. The Balaban J connectivity index is 2.32. The molecule has 0 aromatic heterocycles. The van der Waals surface area contributed by atoms with Crippen molar-refractivity contribution in [2.45, 2.75) is 0 Å². The van der Waals surface area contributed by atoms with Gasteiger partial charge in [0.15, 0.2) is 0 Å². The standard InChI is InChI=1S/C10H10INO2/c1-13-9-3-2-7(6-8(9)11)10-12-4-5-14-10/h2-3,6H,4-5H2,1H3. The van der Waals surface area contributed by atoms with E-state index in [0.717, 1.165) is 27.3 Å². The Labute approximate surface area is 96.3 Å². The SMILES string of the molecule is COc1ccc(C2=NCCO2)cc1I. The summed E-state index contributed by atoms with van der Waals surface area (Å²) in [6, 6.07) is 5.91. The van der Waals surface area contributed by atoms with Gasteiger partial charge in [0.2, 0.25) is 5.90 Å². The van der Waals surface area contributed by atoms with Gasteiger partial charge in [-0.3, -0.25) is 0 Å². The molecule has 74 valence electrons. The summed E-state index contributed by atoms with van der Waals surface area (Å²) in [6.07, 6.45) is 0. The third-order valence-electron chi connectivity index (χ3n) is 1.98. The molecule has 0 N–H and O–H groups in total. The van der Waals surface area contributed by atoms with E-state index in [0.29, 0.717) is 6.61 Å². The van der Waals surface area contributed by atoms with Gasteiger partial charge < -0.3 is 9.47 Å². The fourth-order valence-electron chi connectivity index (χ4n) is 1.31. The quantitative estimate of drug-likeness (QED) is 0.783. The van der Waals surface area contributed by atoms with Crippen LogP contribution in [-0.2, 0) is 4.74 Å². The van der Waals surface area contributed by atoms with E-state index >= 15 is 0 Å². The first-order chi connectivity index (χ1) is 6.81. The summed E-state index contributed by atoms with van der Waals surface area (Å²) in [6.45, 7) is 1.45. The first-order valence-corrected chi connectivity index (χ1v) is 5.40. The van der Waals surface area contributed by atoms with Crippen molar-refractivity contribution in [1.82, 2.24) is 0 Å². The zero-order valence-electron chi connectivity index (χ0n) is 7.79. The molecule has 0 saturated carbocycles. The summed E-state index contributed by atoms with van der Waals surface area (Å²) in [5, 5.41) is 0. The Morgan fingerprint density at radius 3 is 2.93 bits per heavy atom. The normalized spacial score (nSPS) is 14.9. The molecule has 0 amide bonds. The van der Waals surface area contributed by atoms with E-state index in [4.69, 9.17) is 9.47 Å². The number of methoxy groups -OCH3 is 1. The van der Waals surface area contributed by atoms with Crippen LogP contribution in [0.1, 0.15) is 5.56 Å². The van der Waals surface area contributed by atoms with Gasteiger partial charge in [-0.2, -0.15) is 0 Å². The lowest BCUT2D eigenvalue weighted by Crippen LogP contribution is -2.01. The van der Waals surface area contributed by atoms with Gasteiger partial charge in [0.1, 0.15) is 12.4 Å². The highest BCUT2D eigenvalue weighted by molar-refractivity contribution is 14.1.